The molecule has 1 N–H and O–H groups in total. The predicted molar refractivity (Wildman–Crippen MR) is 72.9 cm³/mol. The highest BCUT2D eigenvalue weighted by Gasteiger charge is 2.28. The van der Waals surface area contributed by atoms with E-state index < -0.39 is 0 Å². The quantitative estimate of drug-likeness (QED) is 0.845. The lowest BCUT2D eigenvalue weighted by molar-refractivity contribution is -0.116. The molecule has 1 unspecified atom stereocenters. The first-order chi connectivity index (χ1) is 9.25. The van der Waals surface area contributed by atoms with Crippen LogP contribution in [0.1, 0.15) is 18.5 Å². The van der Waals surface area contributed by atoms with Gasteiger partial charge in [0.25, 0.3) is 0 Å². The molecule has 3 rings (SSSR count). The van der Waals surface area contributed by atoms with Crippen LogP contribution in [0.15, 0.2) is 42.6 Å². The van der Waals surface area contributed by atoms with Crippen molar-refractivity contribution in [2.45, 2.75) is 13.0 Å². The summed E-state index contributed by atoms with van der Waals surface area (Å²) in [7, 11) is 0. The lowest BCUT2D eigenvalue weighted by Gasteiger charge is -2.34. The number of benzene rings is 1. The van der Waals surface area contributed by atoms with Crippen LogP contribution in [-0.2, 0) is 4.79 Å². The summed E-state index contributed by atoms with van der Waals surface area (Å²) in [6.07, 6.45) is 1.60. The fraction of sp³-hybridized carbons (Fsp3) is 0.214. The lowest BCUT2D eigenvalue weighted by atomic mass is 10.0. The van der Waals surface area contributed by atoms with Crippen molar-refractivity contribution in [2.75, 3.05) is 16.8 Å². The number of anilines is 2. The fourth-order valence-electron chi connectivity index (χ4n) is 2.31. The van der Waals surface area contributed by atoms with Crippen molar-refractivity contribution < 1.29 is 4.79 Å². The van der Waals surface area contributed by atoms with E-state index in [1.807, 2.05) is 30.3 Å². The molecule has 0 radical (unpaired) electrons. The molecule has 1 amide bonds. The number of amides is 1. The van der Waals surface area contributed by atoms with Crippen LogP contribution >= 0.6 is 0 Å². The van der Waals surface area contributed by atoms with Crippen LogP contribution in [0.5, 0.6) is 0 Å². The van der Waals surface area contributed by atoms with Crippen LogP contribution in [0.3, 0.4) is 0 Å². The van der Waals surface area contributed by atoms with Gasteiger partial charge in [-0.2, -0.15) is 5.10 Å². The molecule has 0 fully saturated rings. The Morgan fingerprint density at radius 1 is 1.32 bits per heavy atom. The molecular formula is C14H14N4O. The van der Waals surface area contributed by atoms with E-state index in [0.717, 1.165) is 11.3 Å². The highest BCUT2D eigenvalue weighted by molar-refractivity contribution is 5.95. The summed E-state index contributed by atoms with van der Waals surface area (Å²) in [5.41, 5.74) is 1.92. The minimum Gasteiger partial charge on any atom is -0.358 e. The van der Waals surface area contributed by atoms with E-state index in [-0.39, 0.29) is 11.9 Å². The number of nitrogens with zero attached hydrogens (tertiary/aromatic N) is 3. The Morgan fingerprint density at radius 3 is 2.84 bits per heavy atom. The average molecular weight is 254 g/mol. The molecule has 1 aromatic carbocycles. The first-order valence-electron chi connectivity index (χ1n) is 6.17. The number of nitrogens with one attached hydrogen (secondary N) is 1. The minimum absolute atomic E-state index is 0.0108. The SMILES string of the molecule is CC(=O)N1CC(c2ccccc2)Nc2nnccc21. The molecule has 5 nitrogen and oxygen atoms in total. The van der Waals surface area contributed by atoms with Gasteiger partial charge in [-0.05, 0) is 11.6 Å². The topological polar surface area (TPSA) is 58.1 Å². The highest BCUT2D eigenvalue weighted by Crippen LogP contribution is 2.33. The summed E-state index contributed by atoms with van der Waals surface area (Å²) in [5, 5.41) is 11.3. The second kappa shape index (κ2) is 4.68. The monoisotopic (exact) mass is 254 g/mol. The Balaban J connectivity index is 1.99. The molecule has 0 saturated carbocycles. The second-order valence-electron chi connectivity index (χ2n) is 4.50. The smallest absolute Gasteiger partial charge is 0.224 e. The molecule has 0 spiro atoms. The van der Waals surface area contributed by atoms with E-state index in [1.54, 1.807) is 24.1 Å². The molecule has 96 valence electrons. The molecule has 5 heteroatoms. The summed E-state index contributed by atoms with van der Waals surface area (Å²) in [6, 6.07) is 11.9. The van der Waals surface area contributed by atoms with E-state index in [0.29, 0.717) is 12.4 Å². The van der Waals surface area contributed by atoms with Crippen molar-refractivity contribution in [3.05, 3.63) is 48.2 Å². The third kappa shape index (κ3) is 2.14. The molecule has 1 aliphatic heterocycles. The maximum atomic E-state index is 11.8. The molecule has 1 atom stereocenters. The Hall–Kier alpha value is -2.43. The summed E-state index contributed by atoms with van der Waals surface area (Å²) in [6.45, 7) is 2.16. The summed E-state index contributed by atoms with van der Waals surface area (Å²) in [5.74, 6) is 0.662. The average Bonchev–Trinajstić information content (AvgIpc) is 2.47. The fourth-order valence-corrected chi connectivity index (χ4v) is 2.31. The predicted octanol–water partition coefficient (Wildman–Crippen LogP) is 2.00. The number of carbonyl (C=O) groups excluding carboxylic acids is 1. The van der Waals surface area contributed by atoms with Gasteiger partial charge in [0.2, 0.25) is 5.91 Å². The van der Waals surface area contributed by atoms with E-state index in [9.17, 15) is 4.79 Å². The van der Waals surface area contributed by atoms with Gasteiger partial charge in [0.1, 0.15) is 0 Å². The zero-order valence-electron chi connectivity index (χ0n) is 10.6. The Morgan fingerprint density at radius 2 is 2.11 bits per heavy atom. The largest absolute Gasteiger partial charge is 0.358 e. The van der Waals surface area contributed by atoms with Gasteiger partial charge in [-0.25, -0.2) is 0 Å². The van der Waals surface area contributed by atoms with Crippen molar-refractivity contribution in [2.24, 2.45) is 0 Å². The standard InChI is InChI=1S/C14H14N4O/c1-10(19)18-9-12(11-5-3-2-4-6-11)16-14-13(18)7-8-15-17-14/h2-8,12H,9H2,1H3,(H,16,17). The van der Waals surface area contributed by atoms with Crippen molar-refractivity contribution in [1.82, 2.24) is 10.2 Å². The lowest BCUT2D eigenvalue weighted by Crippen LogP contribution is -2.40. The van der Waals surface area contributed by atoms with Crippen LogP contribution in [0.25, 0.3) is 0 Å². The van der Waals surface area contributed by atoms with E-state index in [4.69, 9.17) is 0 Å². The molecule has 19 heavy (non-hydrogen) atoms. The normalized spacial score (nSPS) is 17.5. The summed E-state index contributed by atoms with van der Waals surface area (Å²) >= 11 is 0. The van der Waals surface area contributed by atoms with Crippen molar-refractivity contribution in [1.29, 1.82) is 0 Å². The highest BCUT2D eigenvalue weighted by atomic mass is 16.2. The molecule has 0 aliphatic carbocycles. The van der Waals surface area contributed by atoms with Crippen LogP contribution in [-0.4, -0.2) is 22.6 Å². The van der Waals surface area contributed by atoms with Gasteiger partial charge in [0, 0.05) is 6.92 Å². The molecule has 1 aliphatic rings. The van der Waals surface area contributed by atoms with Crippen LogP contribution in [0.4, 0.5) is 11.5 Å². The van der Waals surface area contributed by atoms with Crippen LogP contribution < -0.4 is 10.2 Å². The van der Waals surface area contributed by atoms with Crippen molar-refractivity contribution >= 4 is 17.4 Å². The van der Waals surface area contributed by atoms with Crippen molar-refractivity contribution in [3.63, 3.8) is 0 Å². The Labute approximate surface area is 111 Å². The third-order valence-corrected chi connectivity index (χ3v) is 3.25. The van der Waals surface area contributed by atoms with Crippen molar-refractivity contribution in [3.8, 4) is 0 Å². The number of carbonyl (C=O) groups is 1. The molecule has 0 saturated heterocycles. The molecule has 2 aromatic rings. The maximum absolute atomic E-state index is 11.8. The van der Waals surface area contributed by atoms with Gasteiger partial charge < -0.3 is 10.2 Å². The van der Waals surface area contributed by atoms with Gasteiger partial charge in [-0.1, -0.05) is 30.3 Å². The molecular weight excluding hydrogens is 240 g/mol. The van der Waals surface area contributed by atoms with Gasteiger partial charge in [0.05, 0.1) is 24.5 Å². The number of hydrogen-bond acceptors (Lipinski definition) is 4. The van der Waals surface area contributed by atoms with Gasteiger partial charge >= 0.3 is 0 Å². The van der Waals surface area contributed by atoms with Gasteiger partial charge in [0.15, 0.2) is 5.82 Å². The second-order valence-corrected chi connectivity index (χ2v) is 4.50. The number of hydrogen-bond donors (Lipinski definition) is 1. The Kier molecular flexibility index (Phi) is 2.87. The van der Waals surface area contributed by atoms with Gasteiger partial charge in [-0.3, -0.25) is 4.79 Å². The van der Waals surface area contributed by atoms with E-state index in [1.165, 1.54) is 0 Å². The zero-order valence-corrected chi connectivity index (χ0v) is 10.6. The zero-order chi connectivity index (χ0) is 13.2. The molecule has 2 heterocycles. The molecule has 1 aromatic heterocycles. The maximum Gasteiger partial charge on any atom is 0.224 e. The van der Waals surface area contributed by atoms with Crippen LogP contribution in [0.2, 0.25) is 0 Å². The minimum atomic E-state index is 0.0108. The van der Waals surface area contributed by atoms with E-state index >= 15 is 0 Å². The van der Waals surface area contributed by atoms with E-state index in [2.05, 4.69) is 15.5 Å². The first-order valence-corrected chi connectivity index (χ1v) is 6.17. The summed E-state index contributed by atoms with van der Waals surface area (Å²) in [4.78, 5) is 13.5. The Bertz CT molecular complexity index is 599. The summed E-state index contributed by atoms with van der Waals surface area (Å²) < 4.78 is 0. The van der Waals surface area contributed by atoms with Gasteiger partial charge in [-0.15, -0.1) is 5.10 Å². The molecule has 0 bridgehead atoms. The number of rotatable bonds is 1. The first kappa shape index (κ1) is 11.6. The number of fused-ring (bicyclic) bond motifs is 1. The third-order valence-electron chi connectivity index (χ3n) is 3.25. The van der Waals surface area contributed by atoms with Crippen LogP contribution in [0, 0.1) is 0 Å². The number of aromatic nitrogens is 2.